The average molecular weight is 415 g/mol. The molecule has 0 aliphatic heterocycles. The van der Waals surface area contributed by atoms with Crippen LogP contribution >= 0.6 is 0 Å². The Bertz CT molecular complexity index is 1040. The number of carbonyl (C=O) groups is 2. The van der Waals surface area contributed by atoms with Crippen LogP contribution in [0.15, 0.2) is 53.4 Å². The van der Waals surface area contributed by atoms with E-state index in [1.165, 1.54) is 37.2 Å². The minimum Gasteiger partial charge on any atom is -0.452 e. The summed E-state index contributed by atoms with van der Waals surface area (Å²) in [5.41, 5.74) is 1.06. The Morgan fingerprint density at radius 3 is 2.34 bits per heavy atom. The normalized spacial score (nSPS) is 11.0. The van der Waals surface area contributed by atoms with Crippen molar-refractivity contribution in [1.82, 2.24) is 4.31 Å². The van der Waals surface area contributed by atoms with E-state index < -0.39 is 28.5 Å². The summed E-state index contributed by atoms with van der Waals surface area (Å²) in [4.78, 5) is 26.1. The molecule has 0 saturated carbocycles. The summed E-state index contributed by atoms with van der Waals surface area (Å²) in [6.07, 6.45) is 0. The largest absolute Gasteiger partial charge is 0.452 e. The number of amides is 1. The molecule has 0 aliphatic carbocycles. The molecule has 0 aliphatic rings. The third-order valence-corrected chi connectivity index (χ3v) is 5.94. The van der Waals surface area contributed by atoms with Gasteiger partial charge >= 0.3 is 5.97 Å². The van der Waals surface area contributed by atoms with Gasteiger partial charge in [0.2, 0.25) is 10.0 Å². The van der Waals surface area contributed by atoms with Crippen LogP contribution in [-0.2, 0) is 19.6 Å². The minimum atomic E-state index is -3.72. The van der Waals surface area contributed by atoms with E-state index in [4.69, 9.17) is 10.00 Å². The summed E-state index contributed by atoms with van der Waals surface area (Å²) in [6, 6.07) is 14.6. The van der Waals surface area contributed by atoms with E-state index in [0.29, 0.717) is 11.3 Å². The van der Waals surface area contributed by atoms with Gasteiger partial charge in [-0.3, -0.25) is 9.69 Å². The quantitative estimate of drug-likeness (QED) is 0.505. The number of carbonyl (C=O) groups excluding carboxylic acids is 2. The van der Waals surface area contributed by atoms with Crippen molar-refractivity contribution >= 4 is 27.6 Å². The molecule has 0 fully saturated rings. The maximum atomic E-state index is 12.5. The number of hydrogen-bond acceptors (Lipinski definition) is 6. The Kier molecular flexibility index (Phi) is 7.09. The Labute approximate surface area is 170 Å². The SMILES string of the molecule is Cc1ccc(S(=O)(=O)N(C)C)cc1C(=O)OCC(=O)N(CC#N)c1ccccc1. The molecule has 2 rings (SSSR count). The number of nitrogens with zero attached hydrogens (tertiary/aromatic N) is 3. The van der Waals surface area contributed by atoms with E-state index in [1.807, 2.05) is 6.07 Å². The number of hydrogen-bond donors (Lipinski definition) is 0. The van der Waals surface area contributed by atoms with Crippen molar-refractivity contribution in [1.29, 1.82) is 5.26 Å². The second-order valence-corrected chi connectivity index (χ2v) is 8.47. The molecule has 0 atom stereocenters. The van der Waals surface area contributed by atoms with E-state index in [9.17, 15) is 18.0 Å². The molecule has 152 valence electrons. The average Bonchev–Trinajstić information content (AvgIpc) is 2.70. The molecule has 0 saturated heterocycles. The van der Waals surface area contributed by atoms with Crippen LogP contribution < -0.4 is 4.90 Å². The zero-order chi connectivity index (χ0) is 21.6. The van der Waals surface area contributed by atoms with E-state index >= 15 is 0 Å². The summed E-state index contributed by atoms with van der Waals surface area (Å²) < 4.78 is 30.7. The fourth-order valence-electron chi connectivity index (χ4n) is 2.48. The lowest BCUT2D eigenvalue weighted by molar-refractivity contribution is -0.121. The van der Waals surface area contributed by atoms with Crippen molar-refractivity contribution in [2.24, 2.45) is 0 Å². The first-order valence-electron chi connectivity index (χ1n) is 8.61. The van der Waals surface area contributed by atoms with Gasteiger partial charge in [0, 0.05) is 19.8 Å². The van der Waals surface area contributed by atoms with Crippen molar-refractivity contribution in [2.45, 2.75) is 11.8 Å². The van der Waals surface area contributed by atoms with Crippen LogP contribution in [0.2, 0.25) is 0 Å². The zero-order valence-electron chi connectivity index (χ0n) is 16.3. The van der Waals surface area contributed by atoms with Gasteiger partial charge in [-0.2, -0.15) is 5.26 Å². The van der Waals surface area contributed by atoms with Gasteiger partial charge in [-0.25, -0.2) is 17.5 Å². The second kappa shape index (κ2) is 9.32. The van der Waals surface area contributed by atoms with E-state index in [-0.39, 0.29) is 17.0 Å². The molecular weight excluding hydrogens is 394 g/mol. The molecule has 0 spiro atoms. The fraction of sp³-hybridized carbons (Fsp3) is 0.250. The number of benzene rings is 2. The zero-order valence-corrected chi connectivity index (χ0v) is 17.1. The molecule has 0 bridgehead atoms. The Hall–Kier alpha value is -3.22. The highest BCUT2D eigenvalue weighted by molar-refractivity contribution is 7.89. The molecule has 0 radical (unpaired) electrons. The van der Waals surface area contributed by atoms with Crippen molar-refractivity contribution in [3.63, 3.8) is 0 Å². The molecule has 0 aromatic heterocycles. The number of sulfonamides is 1. The Morgan fingerprint density at radius 1 is 1.10 bits per heavy atom. The van der Waals surface area contributed by atoms with Crippen molar-refractivity contribution in [3.8, 4) is 6.07 Å². The van der Waals surface area contributed by atoms with E-state index in [2.05, 4.69) is 0 Å². The highest BCUT2D eigenvalue weighted by Crippen LogP contribution is 2.19. The number of para-hydroxylation sites is 1. The molecule has 0 unspecified atom stereocenters. The van der Waals surface area contributed by atoms with Gasteiger partial charge in [-0.15, -0.1) is 0 Å². The number of rotatable bonds is 7. The first kappa shape index (κ1) is 22.1. The van der Waals surface area contributed by atoms with E-state index in [1.54, 1.807) is 37.3 Å². The molecule has 2 aromatic rings. The molecule has 2 aromatic carbocycles. The maximum absolute atomic E-state index is 12.5. The first-order chi connectivity index (χ1) is 13.7. The van der Waals surface area contributed by atoms with Gasteiger partial charge in [0.05, 0.1) is 16.5 Å². The summed E-state index contributed by atoms with van der Waals surface area (Å²) in [5, 5.41) is 8.98. The predicted molar refractivity (Wildman–Crippen MR) is 107 cm³/mol. The predicted octanol–water partition coefficient (Wildman–Crippen LogP) is 1.96. The monoisotopic (exact) mass is 415 g/mol. The van der Waals surface area contributed by atoms with Gasteiger partial charge < -0.3 is 4.74 Å². The standard InChI is InChI=1S/C20H21N3O5S/c1-15-9-10-17(29(26,27)22(2)3)13-18(15)20(25)28-14-19(24)23(12-11-21)16-7-5-4-6-8-16/h4-10,13H,12,14H2,1-3H3. The number of anilines is 1. The van der Waals surface area contributed by atoms with Crippen LogP contribution in [0.3, 0.4) is 0 Å². The van der Waals surface area contributed by atoms with Crippen LogP contribution in [-0.4, -0.2) is 51.8 Å². The summed E-state index contributed by atoms with van der Waals surface area (Å²) in [5.74, 6) is -1.39. The molecular formula is C20H21N3O5S. The summed E-state index contributed by atoms with van der Waals surface area (Å²) >= 11 is 0. The molecule has 1 amide bonds. The number of nitriles is 1. The highest BCUT2D eigenvalue weighted by atomic mass is 32.2. The smallest absolute Gasteiger partial charge is 0.338 e. The number of aryl methyl sites for hydroxylation is 1. The van der Waals surface area contributed by atoms with E-state index in [0.717, 1.165) is 4.31 Å². The Balaban J connectivity index is 2.18. The first-order valence-corrected chi connectivity index (χ1v) is 10.0. The summed E-state index contributed by atoms with van der Waals surface area (Å²) in [7, 11) is -0.947. The van der Waals surface area contributed by atoms with Gasteiger partial charge in [-0.1, -0.05) is 24.3 Å². The maximum Gasteiger partial charge on any atom is 0.338 e. The van der Waals surface area contributed by atoms with Crippen LogP contribution in [0.5, 0.6) is 0 Å². The van der Waals surface area contributed by atoms with Crippen molar-refractivity contribution in [3.05, 3.63) is 59.7 Å². The third kappa shape index (κ3) is 5.19. The lowest BCUT2D eigenvalue weighted by Crippen LogP contribution is -2.35. The number of ether oxygens (including phenoxy) is 1. The molecule has 0 N–H and O–H groups in total. The van der Waals surface area contributed by atoms with Gasteiger partial charge in [0.25, 0.3) is 5.91 Å². The lowest BCUT2D eigenvalue weighted by atomic mass is 10.1. The van der Waals surface area contributed by atoms with Crippen LogP contribution in [0.1, 0.15) is 15.9 Å². The van der Waals surface area contributed by atoms with Crippen LogP contribution in [0, 0.1) is 18.3 Å². The molecule has 0 heterocycles. The van der Waals surface area contributed by atoms with Gasteiger partial charge in [0.1, 0.15) is 6.54 Å². The summed E-state index contributed by atoms with van der Waals surface area (Å²) in [6.45, 7) is 0.853. The Morgan fingerprint density at radius 2 is 1.76 bits per heavy atom. The van der Waals surface area contributed by atoms with Crippen molar-refractivity contribution in [2.75, 3.05) is 32.1 Å². The highest BCUT2D eigenvalue weighted by Gasteiger charge is 2.22. The second-order valence-electron chi connectivity index (χ2n) is 6.31. The molecule has 8 nitrogen and oxygen atoms in total. The molecule has 29 heavy (non-hydrogen) atoms. The number of esters is 1. The fourth-order valence-corrected chi connectivity index (χ4v) is 3.41. The van der Waals surface area contributed by atoms with Crippen LogP contribution in [0.4, 0.5) is 5.69 Å². The van der Waals surface area contributed by atoms with Crippen LogP contribution in [0.25, 0.3) is 0 Å². The van der Waals surface area contributed by atoms with Gasteiger partial charge in [-0.05, 0) is 36.8 Å². The third-order valence-electron chi connectivity index (χ3n) is 4.13. The minimum absolute atomic E-state index is 0.0484. The van der Waals surface area contributed by atoms with Gasteiger partial charge in [0.15, 0.2) is 6.61 Å². The topological polar surface area (TPSA) is 108 Å². The lowest BCUT2D eigenvalue weighted by Gasteiger charge is -2.19. The molecule has 9 heteroatoms. The van der Waals surface area contributed by atoms with Crippen molar-refractivity contribution < 1.29 is 22.7 Å².